The number of hydrogen-bond donors (Lipinski definition) is 1. The summed E-state index contributed by atoms with van der Waals surface area (Å²) in [6.45, 7) is 2.00. The Kier molecular flexibility index (Phi) is 3.62. The van der Waals surface area contributed by atoms with Gasteiger partial charge in [0.05, 0.1) is 18.7 Å². The van der Waals surface area contributed by atoms with Crippen LogP contribution in [0.2, 0.25) is 0 Å². The predicted molar refractivity (Wildman–Crippen MR) is 57.7 cm³/mol. The fourth-order valence-electron chi connectivity index (χ4n) is 2.21. The molecule has 2 rings (SSSR count). The lowest BCUT2D eigenvalue weighted by Crippen LogP contribution is -2.51. The third kappa shape index (κ3) is 2.45. The molecule has 16 heavy (non-hydrogen) atoms. The molecule has 0 aromatic heterocycles. The smallest absolute Gasteiger partial charge is 0.318 e. The third-order valence-corrected chi connectivity index (χ3v) is 3.17. The number of carbonyl (C=O) groups excluding carboxylic acids is 1. The van der Waals surface area contributed by atoms with Gasteiger partial charge in [-0.15, -0.1) is 0 Å². The number of nitrogens with one attached hydrogen (secondary N) is 1. The summed E-state index contributed by atoms with van der Waals surface area (Å²) in [4.78, 5) is 13.6. The number of amides is 2. The highest BCUT2D eigenvalue weighted by Crippen LogP contribution is 2.16. The monoisotopic (exact) mass is 223 g/mol. The number of hydrogen-bond acceptors (Lipinski definition) is 3. The zero-order valence-corrected chi connectivity index (χ0v) is 9.32. The number of carbonyl (C=O) groups is 1. The zero-order valence-electron chi connectivity index (χ0n) is 9.32. The van der Waals surface area contributed by atoms with Gasteiger partial charge in [-0.25, -0.2) is 4.79 Å². The number of rotatable bonds is 1. The van der Waals surface area contributed by atoms with Crippen LogP contribution in [0.1, 0.15) is 25.7 Å². The maximum absolute atomic E-state index is 11.9. The molecule has 0 aliphatic carbocycles. The second-order valence-corrected chi connectivity index (χ2v) is 4.34. The molecule has 2 amide bonds. The summed E-state index contributed by atoms with van der Waals surface area (Å²) >= 11 is 0. The lowest BCUT2D eigenvalue weighted by molar-refractivity contribution is 0.160. The van der Waals surface area contributed by atoms with Gasteiger partial charge < -0.3 is 15.0 Å². The van der Waals surface area contributed by atoms with E-state index in [0.29, 0.717) is 19.8 Å². The number of piperidine rings is 1. The van der Waals surface area contributed by atoms with Gasteiger partial charge in [0.25, 0.3) is 0 Å². The molecule has 0 bridgehead atoms. The minimum Gasteiger partial charge on any atom is -0.379 e. The van der Waals surface area contributed by atoms with Crippen LogP contribution < -0.4 is 5.32 Å². The Hall–Kier alpha value is -1.28. The van der Waals surface area contributed by atoms with Gasteiger partial charge in [-0.05, 0) is 25.7 Å². The van der Waals surface area contributed by atoms with Crippen LogP contribution in [0.15, 0.2) is 0 Å². The second kappa shape index (κ2) is 5.17. The molecular formula is C11H17N3O2. The van der Waals surface area contributed by atoms with Crippen molar-refractivity contribution in [3.05, 3.63) is 0 Å². The van der Waals surface area contributed by atoms with E-state index in [0.717, 1.165) is 25.7 Å². The number of likely N-dealkylation sites (tertiary alicyclic amines) is 1. The summed E-state index contributed by atoms with van der Waals surface area (Å²) in [6.07, 6.45) is 3.70. The molecule has 1 N–H and O–H groups in total. The van der Waals surface area contributed by atoms with Crippen molar-refractivity contribution in [2.24, 2.45) is 0 Å². The fourth-order valence-corrected chi connectivity index (χ4v) is 2.21. The SMILES string of the molecule is N#CC1CCCCN1C(=O)NC1CCOC1. The Morgan fingerprint density at radius 1 is 1.44 bits per heavy atom. The van der Waals surface area contributed by atoms with Crippen molar-refractivity contribution < 1.29 is 9.53 Å². The minimum absolute atomic E-state index is 0.109. The van der Waals surface area contributed by atoms with Gasteiger partial charge in [0.15, 0.2) is 0 Å². The topological polar surface area (TPSA) is 65.4 Å². The number of urea groups is 1. The molecular weight excluding hydrogens is 206 g/mol. The molecule has 2 aliphatic heterocycles. The van der Waals surface area contributed by atoms with E-state index in [1.807, 2.05) is 0 Å². The molecule has 2 heterocycles. The van der Waals surface area contributed by atoms with E-state index in [4.69, 9.17) is 10.00 Å². The van der Waals surface area contributed by atoms with Crippen molar-refractivity contribution in [1.82, 2.24) is 10.2 Å². The Bertz CT molecular complexity index is 294. The highest BCUT2D eigenvalue weighted by molar-refractivity contribution is 5.75. The van der Waals surface area contributed by atoms with E-state index >= 15 is 0 Å². The predicted octanol–water partition coefficient (Wildman–Crippen LogP) is 0.863. The van der Waals surface area contributed by atoms with E-state index < -0.39 is 0 Å². The van der Waals surface area contributed by atoms with Crippen molar-refractivity contribution in [1.29, 1.82) is 5.26 Å². The van der Waals surface area contributed by atoms with E-state index in [9.17, 15) is 4.79 Å². The zero-order chi connectivity index (χ0) is 11.4. The molecule has 0 aromatic carbocycles. The average molecular weight is 223 g/mol. The first-order valence-corrected chi connectivity index (χ1v) is 5.86. The molecule has 2 saturated heterocycles. The summed E-state index contributed by atoms with van der Waals surface area (Å²) in [6, 6.07) is 1.95. The largest absolute Gasteiger partial charge is 0.379 e. The lowest BCUT2D eigenvalue weighted by Gasteiger charge is -2.32. The molecule has 5 nitrogen and oxygen atoms in total. The Balaban J connectivity index is 1.89. The molecule has 0 saturated carbocycles. The maximum atomic E-state index is 11.9. The lowest BCUT2D eigenvalue weighted by atomic mass is 10.0. The van der Waals surface area contributed by atoms with E-state index in [1.165, 1.54) is 0 Å². The second-order valence-electron chi connectivity index (χ2n) is 4.34. The Morgan fingerprint density at radius 3 is 3.00 bits per heavy atom. The first-order valence-electron chi connectivity index (χ1n) is 5.86. The van der Waals surface area contributed by atoms with Crippen LogP contribution in [0.5, 0.6) is 0 Å². The van der Waals surface area contributed by atoms with Crippen LogP contribution in [-0.2, 0) is 4.74 Å². The Labute approximate surface area is 95.4 Å². The van der Waals surface area contributed by atoms with Crippen LogP contribution in [0.3, 0.4) is 0 Å². The first-order chi connectivity index (χ1) is 7.81. The molecule has 0 aromatic rings. The molecule has 2 atom stereocenters. The highest BCUT2D eigenvalue weighted by Gasteiger charge is 2.28. The number of nitrogens with zero attached hydrogens (tertiary/aromatic N) is 2. The summed E-state index contributed by atoms with van der Waals surface area (Å²) < 4.78 is 5.20. The van der Waals surface area contributed by atoms with E-state index in [1.54, 1.807) is 4.90 Å². The van der Waals surface area contributed by atoms with Gasteiger partial charge in [0.1, 0.15) is 6.04 Å². The van der Waals surface area contributed by atoms with Gasteiger partial charge in [0.2, 0.25) is 0 Å². The van der Waals surface area contributed by atoms with Gasteiger partial charge in [0, 0.05) is 13.2 Å². The van der Waals surface area contributed by atoms with Crippen LogP contribution >= 0.6 is 0 Å². The van der Waals surface area contributed by atoms with Crippen molar-refractivity contribution in [2.45, 2.75) is 37.8 Å². The van der Waals surface area contributed by atoms with Crippen LogP contribution in [0.25, 0.3) is 0 Å². The van der Waals surface area contributed by atoms with Gasteiger partial charge in [-0.3, -0.25) is 0 Å². The summed E-state index contributed by atoms with van der Waals surface area (Å²) in [5.41, 5.74) is 0. The van der Waals surface area contributed by atoms with E-state index in [2.05, 4.69) is 11.4 Å². The molecule has 2 fully saturated rings. The molecule has 5 heteroatoms. The van der Waals surface area contributed by atoms with Crippen molar-refractivity contribution in [3.8, 4) is 6.07 Å². The maximum Gasteiger partial charge on any atom is 0.318 e. The molecule has 88 valence electrons. The highest BCUT2D eigenvalue weighted by atomic mass is 16.5. The van der Waals surface area contributed by atoms with Crippen LogP contribution in [-0.4, -0.2) is 42.8 Å². The molecule has 0 spiro atoms. The fraction of sp³-hybridized carbons (Fsp3) is 0.818. The molecule has 2 aliphatic rings. The average Bonchev–Trinajstić information content (AvgIpc) is 2.81. The summed E-state index contributed by atoms with van der Waals surface area (Å²) in [5, 5.41) is 11.9. The number of ether oxygens (including phenoxy) is 1. The number of nitriles is 1. The van der Waals surface area contributed by atoms with E-state index in [-0.39, 0.29) is 18.1 Å². The Morgan fingerprint density at radius 2 is 2.31 bits per heavy atom. The van der Waals surface area contributed by atoms with Crippen molar-refractivity contribution in [2.75, 3.05) is 19.8 Å². The van der Waals surface area contributed by atoms with Crippen molar-refractivity contribution in [3.63, 3.8) is 0 Å². The minimum atomic E-state index is -0.254. The first kappa shape index (κ1) is 11.2. The van der Waals surface area contributed by atoms with Crippen LogP contribution in [0.4, 0.5) is 4.79 Å². The standard InChI is InChI=1S/C11H17N3O2/c12-7-10-3-1-2-5-14(10)11(15)13-9-4-6-16-8-9/h9-10H,1-6,8H2,(H,13,15). The van der Waals surface area contributed by atoms with Crippen LogP contribution in [0, 0.1) is 11.3 Å². The third-order valence-electron chi connectivity index (χ3n) is 3.17. The molecule has 2 unspecified atom stereocenters. The summed E-state index contributed by atoms with van der Waals surface area (Å²) in [7, 11) is 0. The normalized spacial score (nSPS) is 29.8. The van der Waals surface area contributed by atoms with Gasteiger partial charge in [-0.1, -0.05) is 0 Å². The van der Waals surface area contributed by atoms with Gasteiger partial charge in [-0.2, -0.15) is 5.26 Å². The quantitative estimate of drug-likeness (QED) is 0.717. The van der Waals surface area contributed by atoms with Gasteiger partial charge >= 0.3 is 6.03 Å². The summed E-state index contributed by atoms with van der Waals surface area (Å²) in [5.74, 6) is 0. The molecule has 0 radical (unpaired) electrons. The van der Waals surface area contributed by atoms with Crippen molar-refractivity contribution >= 4 is 6.03 Å².